The van der Waals surface area contributed by atoms with E-state index in [1.165, 1.54) is 18.3 Å². The first-order chi connectivity index (χ1) is 11.4. The number of nitriles is 1. The molecule has 0 spiro atoms. The zero-order chi connectivity index (χ0) is 17.6. The molecular weight excluding hydrogens is 317 g/mol. The summed E-state index contributed by atoms with van der Waals surface area (Å²) in [6.07, 6.45) is -2.62. The van der Waals surface area contributed by atoms with E-state index in [4.69, 9.17) is 4.74 Å². The van der Waals surface area contributed by atoms with E-state index in [1.54, 1.807) is 19.2 Å². The van der Waals surface area contributed by atoms with Crippen molar-refractivity contribution in [3.8, 4) is 11.8 Å². The van der Waals surface area contributed by atoms with Gasteiger partial charge in [-0.25, -0.2) is 0 Å². The van der Waals surface area contributed by atoms with Crippen LogP contribution in [0, 0.1) is 11.3 Å². The molecule has 124 valence electrons. The lowest BCUT2D eigenvalue weighted by Crippen LogP contribution is -2.05. The number of hydrogen-bond donors (Lipinski definition) is 1. The predicted molar refractivity (Wildman–Crippen MR) is 85.5 cm³/mol. The molecule has 0 aliphatic heterocycles. The highest BCUT2D eigenvalue weighted by molar-refractivity contribution is 5.50. The van der Waals surface area contributed by atoms with Crippen LogP contribution < -0.4 is 10.1 Å². The maximum atomic E-state index is 12.7. The Bertz CT molecular complexity index is 759. The Morgan fingerprint density at radius 3 is 2.50 bits per heavy atom. The number of allylic oxidation sites excluding steroid dienone is 1. The lowest BCUT2D eigenvalue weighted by atomic mass is 10.1. The number of anilines is 1. The fourth-order valence-corrected chi connectivity index (χ4v) is 2.04. The Morgan fingerprint density at radius 2 is 1.92 bits per heavy atom. The van der Waals surface area contributed by atoms with Crippen LogP contribution in [0.4, 0.5) is 18.9 Å². The van der Waals surface area contributed by atoms with Gasteiger partial charge in [-0.3, -0.25) is 0 Å². The maximum Gasteiger partial charge on any atom is 0.416 e. The van der Waals surface area contributed by atoms with Crippen LogP contribution in [0.2, 0.25) is 0 Å². The van der Waals surface area contributed by atoms with E-state index in [-0.39, 0.29) is 5.69 Å². The van der Waals surface area contributed by atoms with E-state index in [2.05, 4.69) is 5.32 Å². The normalized spacial score (nSPS) is 11.7. The highest BCUT2D eigenvalue weighted by Crippen LogP contribution is 2.30. The number of halogens is 3. The van der Waals surface area contributed by atoms with Crippen molar-refractivity contribution in [1.82, 2.24) is 0 Å². The summed E-state index contributed by atoms with van der Waals surface area (Å²) < 4.78 is 43.1. The maximum absolute atomic E-state index is 12.7. The van der Waals surface area contributed by atoms with Crippen molar-refractivity contribution < 1.29 is 17.9 Å². The van der Waals surface area contributed by atoms with E-state index in [0.29, 0.717) is 17.7 Å². The van der Waals surface area contributed by atoms with Crippen LogP contribution in [0.1, 0.15) is 11.1 Å². The summed E-state index contributed by atoms with van der Waals surface area (Å²) in [6, 6.07) is 14.1. The minimum Gasteiger partial charge on any atom is -0.497 e. The first-order valence-electron chi connectivity index (χ1n) is 7.08. The molecule has 0 unspecified atom stereocenters. The molecule has 0 bridgehead atoms. The molecule has 0 fully saturated rings. The standard InChI is InChI=1S/C18H15F3N2O/c1-24-17-7-5-13(6-8-17)9-14(11-22)12-23-16-4-2-3-15(10-16)18(19,20)21/h2-8,10,12,23H,9H2,1H3/b14-12-. The number of ether oxygens (including phenoxy) is 1. The van der Waals surface area contributed by atoms with Crippen LogP contribution in [0.5, 0.6) is 5.75 Å². The van der Waals surface area contributed by atoms with Gasteiger partial charge in [0, 0.05) is 23.9 Å². The second kappa shape index (κ2) is 7.55. The van der Waals surface area contributed by atoms with Gasteiger partial charge in [0.05, 0.1) is 18.7 Å². The van der Waals surface area contributed by atoms with Crippen molar-refractivity contribution >= 4 is 5.69 Å². The first kappa shape index (κ1) is 17.4. The first-order valence-corrected chi connectivity index (χ1v) is 7.08. The number of nitrogens with one attached hydrogen (secondary N) is 1. The predicted octanol–water partition coefficient (Wildman–Crippen LogP) is 4.78. The SMILES string of the molecule is COc1ccc(C/C(C#N)=C/Nc2cccc(C(F)(F)F)c2)cc1. The third-order valence-electron chi connectivity index (χ3n) is 3.30. The van der Waals surface area contributed by atoms with Gasteiger partial charge in [-0.15, -0.1) is 0 Å². The molecule has 0 aliphatic rings. The lowest BCUT2D eigenvalue weighted by Gasteiger charge is -2.09. The molecule has 0 aromatic heterocycles. The fraction of sp³-hybridized carbons (Fsp3) is 0.167. The van der Waals surface area contributed by atoms with Crippen molar-refractivity contribution in [2.45, 2.75) is 12.6 Å². The Balaban J connectivity index is 2.09. The molecule has 0 radical (unpaired) electrons. The van der Waals surface area contributed by atoms with Crippen LogP contribution in [0.25, 0.3) is 0 Å². The molecule has 0 saturated heterocycles. The van der Waals surface area contributed by atoms with Gasteiger partial charge in [0.15, 0.2) is 0 Å². The summed E-state index contributed by atoms with van der Waals surface area (Å²) in [7, 11) is 1.56. The van der Waals surface area contributed by atoms with E-state index >= 15 is 0 Å². The summed E-state index contributed by atoms with van der Waals surface area (Å²) in [5.41, 5.74) is 0.828. The molecule has 24 heavy (non-hydrogen) atoms. The number of alkyl halides is 3. The van der Waals surface area contributed by atoms with E-state index in [9.17, 15) is 18.4 Å². The molecule has 2 rings (SSSR count). The Labute approximate surface area is 138 Å². The van der Waals surface area contributed by atoms with Gasteiger partial charge >= 0.3 is 6.18 Å². The van der Waals surface area contributed by atoms with Crippen LogP contribution in [-0.2, 0) is 12.6 Å². The fourth-order valence-electron chi connectivity index (χ4n) is 2.04. The second-order valence-corrected chi connectivity index (χ2v) is 5.03. The van der Waals surface area contributed by atoms with Crippen molar-refractivity contribution in [3.63, 3.8) is 0 Å². The number of rotatable bonds is 5. The van der Waals surface area contributed by atoms with Gasteiger partial charge in [0.1, 0.15) is 5.75 Å². The van der Waals surface area contributed by atoms with Gasteiger partial charge in [-0.1, -0.05) is 18.2 Å². The molecule has 0 saturated carbocycles. The van der Waals surface area contributed by atoms with E-state index in [1.807, 2.05) is 18.2 Å². The van der Waals surface area contributed by atoms with Gasteiger partial charge in [0.2, 0.25) is 0 Å². The van der Waals surface area contributed by atoms with Crippen molar-refractivity contribution in [2.24, 2.45) is 0 Å². The van der Waals surface area contributed by atoms with Gasteiger partial charge in [0.25, 0.3) is 0 Å². The summed E-state index contributed by atoms with van der Waals surface area (Å²) >= 11 is 0. The van der Waals surface area contributed by atoms with Crippen LogP contribution in [-0.4, -0.2) is 7.11 Å². The average Bonchev–Trinajstić information content (AvgIpc) is 2.58. The van der Waals surface area contributed by atoms with E-state index in [0.717, 1.165) is 17.7 Å². The second-order valence-electron chi connectivity index (χ2n) is 5.03. The number of benzene rings is 2. The number of hydrogen-bond acceptors (Lipinski definition) is 3. The number of nitrogens with zero attached hydrogens (tertiary/aromatic N) is 1. The highest BCUT2D eigenvalue weighted by atomic mass is 19.4. The minimum absolute atomic E-state index is 0.271. The number of methoxy groups -OCH3 is 1. The molecule has 0 heterocycles. The molecule has 0 aliphatic carbocycles. The Hall–Kier alpha value is -2.94. The van der Waals surface area contributed by atoms with Crippen LogP contribution in [0.15, 0.2) is 60.3 Å². The molecular formula is C18H15F3N2O. The van der Waals surface area contributed by atoms with Crippen molar-refractivity contribution in [1.29, 1.82) is 5.26 Å². The summed E-state index contributed by atoms with van der Waals surface area (Å²) in [5.74, 6) is 0.711. The lowest BCUT2D eigenvalue weighted by molar-refractivity contribution is -0.137. The van der Waals surface area contributed by atoms with E-state index < -0.39 is 11.7 Å². The largest absolute Gasteiger partial charge is 0.497 e. The zero-order valence-electron chi connectivity index (χ0n) is 12.9. The third-order valence-corrected chi connectivity index (χ3v) is 3.30. The summed E-state index contributed by atoms with van der Waals surface area (Å²) in [5, 5.41) is 11.9. The van der Waals surface area contributed by atoms with Gasteiger partial charge < -0.3 is 10.1 Å². The molecule has 0 atom stereocenters. The van der Waals surface area contributed by atoms with Gasteiger partial charge in [-0.05, 0) is 35.9 Å². The summed E-state index contributed by atoms with van der Waals surface area (Å²) in [4.78, 5) is 0. The monoisotopic (exact) mass is 332 g/mol. The van der Waals surface area contributed by atoms with Gasteiger partial charge in [-0.2, -0.15) is 18.4 Å². The van der Waals surface area contributed by atoms with Crippen molar-refractivity contribution in [2.75, 3.05) is 12.4 Å². The quantitative estimate of drug-likeness (QED) is 0.802. The third kappa shape index (κ3) is 4.78. The van der Waals surface area contributed by atoms with Crippen molar-refractivity contribution in [3.05, 3.63) is 71.4 Å². The van der Waals surface area contributed by atoms with Crippen LogP contribution >= 0.6 is 0 Å². The molecule has 3 nitrogen and oxygen atoms in total. The minimum atomic E-state index is -4.40. The summed E-state index contributed by atoms with van der Waals surface area (Å²) in [6.45, 7) is 0. The molecule has 0 amide bonds. The highest BCUT2D eigenvalue weighted by Gasteiger charge is 2.30. The zero-order valence-corrected chi connectivity index (χ0v) is 12.9. The average molecular weight is 332 g/mol. The molecule has 2 aromatic carbocycles. The topological polar surface area (TPSA) is 45.0 Å². The molecule has 6 heteroatoms. The molecule has 1 N–H and O–H groups in total. The Kier molecular flexibility index (Phi) is 5.48. The smallest absolute Gasteiger partial charge is 0.416 e. The van der Waals surface area contributed by atoms with Crippen LogP contribution in [0.3, 0.4) is 0 Å². The molecule has 2 aromatic rings. The Morgan fingerprint density at radius 1 is 1.21 bits per heavy atom.